The highest BCUT2D eigenvalue weighted by molar-refractivity contribution is 5.22. The SMILES string of the molecule is C#CCCCCCCC1=CC=CC1. The molecule has 0 spiro atoms. The van der Waals surface area contributed by atoms with Crippen LogP contribution in [-0.4, -0.2) is 0 Å². The molecule has 0 saturated carbocycles. The predicted molar refractivity (Wildman–Crippen MR) is 58.4 cm³/mol. The third-order valence-corrected chi connectivity index (χ3v) is 2.42. The topological polar surface area (TPSA) is 0 Å². The Morgan fingerprint density at radius 1 is 1.23 bits per heavy atom. The highest BCUT2D eigenvalue weighted by Crippen LogP contribution is 2.18. The molecule has 0 aliphatic heterocycles. The predicted octanol–water partition coefficient (Wildman–Crippen LogP) is 3.85. The van der Waals surface area contributed by atoms with Gasteiger partial charge in [-0.15, -0.1) is 12.3 Å². The molecular weight excluding hydrogens is 156 g/mol. The van der Waals surface area contributed by atoms with Crippen LogP contribution in [-0.2, 0) is 0 Å². The summed E-state index contributed by atoms with van der Waals surface area (Å²) in [5.41, 5.74) is 1.59. The molecule has 0 heteroatoms. The molecule has 0 saturated heterocycles. The van der Waals surface area contributed by atoms with Crippen LogP contribution < -0.4 is 0 Å². The Labute approximate surface area is 81.7 Å². The van der Waals surface area contributed by atoms with Crippen molar-refractivity contribution in [2.75, 3.05) is 0 Å². The molecule has 0 unspecified atom stereocenters. The van der Waals surface area contributed by atoms with Crippen molar-refractivity contribution in [2.45, 2.75) is 44.9 Å². The zero-order valence-corrected chi connectivity index (χ0v) is 8.26. The Morgan fingerprint density at radius 2 is 2.08 bits per heavy atom. The van der Waals surface area contributed by atoms with Crippen molar-refractivity contribution >= 4 is 0 Å². The van der Waals surface area contributed by atoms with Gasteiger partial charge in [-0.05, 0) is 25.7 Å². The second-order valence-electron chi connectivity index (χ2n) is 3.58. The summed E-state index contributed by atoms with van der Waals surface area (Å²) in [6.07, 6.45) is 20.4. The molecule has 1 aliphatic rings. The summed E-state index contributed by atoms with van der Waals surface area (Å²) in [5, 5.41) is 0. The third-order valence-electron chi connectivity index (χ3n) is 2.42. The molecule has 0 aromatic carbocycles. The second kappa shape index (κ2) is 6.54. The van der Waals surface area contributed by atoms with Gasteiger partial charge in [-0.2, -0.15) is 0 Å². The molecule has 0 aromatic heterocycles. The van der Waals surface area contributed by atoms with Crippen molar-refractivity contribution in [1.29, 1.82) is 0 Å². The van der Waals surface area contributed by atoms with Crippen LogP contribution in [0.25, 0.3) is 0 Å². The fourth-order valence-corrected chi connectivity index (χ4v) is 1.61. The highest BCUT2D eigenvalue weighted by Gasteiger charge is 1.98. The summed E-state index contributed by atoms with van der Waals surface area (Å²) in [7, 11) is 0. The number of hydrogen-bond donors (Lipinski definition) is 0. The smallest absolute Gasteiger partial charge is 0.00860 e. The zero-order chi connectivity index (χ0) is 9.36. The van der Waals surface area contributed by atoms with E-state index in [1.54, 1.807) is 5.57 Å². The molecule has 13 heavy (non-hydrogen) atoms. The van der Waals surface area contributed by atoms with Crippen LogP contribution in [0.1, 0.15) is 44.9 Å². The van der Waals surface area contributed by atoms with Gasteiger partial charge < -0.3 is 0 Å². The van der Waals surface area contributed by atoms with E-state index in [1.807, 2.05) is 0 Å². The Hall–Kier alpha value is -0.960. The Morgan fingerprint density at radius 3 is 2.77 bits per heavy atom. The zero-order valence-electron chi connectivity index (χ0n) is 8.26. The fraction of sp³-hybridized carbons (Fsp3) is 0.538. The summed E-state index contributed by atoms with van der Waals surface area (Å²) in [6.45, 7) is 0. The minimum absolute atomic E-state index is 0.949. The fourth-order valence-electron chi connectivity index (χ4n) is 1.61. The van der Waals surface area contributed by atoms with Crippen LogP contribution >= 0.6 is 0 Å². The molecule has 0 aromatic rings. The van der Waals surface area contributed by atoms with E-state index in [1.165, 1.54) is 38.5 Å². The Bertz CT molecular complexity index is 225. The summed E-state index contributed by atoms with van der Waals surface area (Å²) >= 11 is 0. The Kier molecular flexibility index (Phi) is 5.10. The van der Waals surface area contributed by atoms with Crippen molar-refractivity contribution in [1.82, 2.24) is 0 Å². The molecule has 0 N–H and O–H groups in total. The average molecular weight is 174 g/mol. The monoisotopic (exact) mass is 174 g/mol. The van der Waals surface area contributed by atoms with Crippen LogP contribution in [0.2, 0.25) is 0 Å². The van der Waals surface area contributed by atoms with Crippen molar-refractivity contribution in [2.24, 2.45) is 0 Å². The van der Waals surface area contributed by atoms with Crippen LogP contribution in [0, 0.1) is 12.3 Å². The van der Waals surface area contributed by atoms with E-state index < -0.39 is 0 Å². The quantitative estimate of drug-likeness (QED) is 0.424. The van der Waals surface area contributed by atoms with Gasteiger partial charge in [-0.25, -0.2) is 0 Å². The first kappa shape index (κ1) is 10.1. The van der Waals surface area contributed by atoms with Gasteiger partial charge in [0.05, 0.1) is 0 Å². The van der Waals surface area contributed by atoms with Crippen molar-refractivity contribution < 1.29 is 0 Å². The molecule has 0 fully saturated rings. The molecule has 0 amide bonds. The van der Waals surface area contributed by atoms with E-state index in [9.17, 15) is 0 Å². The molecular formula is C13H18. The lowest BCUT2D eigenvalue weighted by Gasteiger charge is -2.00. The summed E-state index contributed by atoms with van der Waals surface area (Å²) in [5.74, 6) is 2.68. The summed E-state index contributed by atoms with van der Waals surface area (Å²) in [4.78, 5) is 0. The van der Waals surface area contributed by atoms with E-state index in [0.29, 0.717) is 0 Å². The molecule has 0 heterocycles. The lowest BCUT2D eigenvalue weighted by molar-refractivity contribution is 0.646. The molecule has 0 atom stereocenters. The molecule has 1 rings (SSSR count). The highest BCUT2D eigenvalue weighted by atomic mass is 14.0. The normalized spacial score (nSPS) is 14.2. The van der Waals surface area contributed by atoms with E-state index in [-0.39, 0.29) is 0 Å². The van der Waals surface area contributed by atoms with Crippen LogP contribution in [0.15, 0.2) is 23.8 Å². The van der Waals surface area contributed by atoms with E-state index in [2.05, 4.69) is 24.1 Å². The first-order chi connectivity index (χ1) is 6.43. The van der Waals surface area contributed by atoms with Gasteiger partial charge in [0.1, 0.15) is 0 Å². The van der Waals surface area contributed by atoms with E-state index >= 15 is 0 Å². The van der Waals surface area contributed by atoms with Crippen LogP contribution in [0.4, 0.5) is 0 Å². The van der Waals surface area contributed by atoms with Gasteiger partial charge in [0, 0.05) is 6.42 Å². The molecule has 1 aliphatic carbocycles. The first-order valence-corrected chi connectivity index (χ1v) is 5.21. The van der Waals surface area contributed by atoms with Crippen molar-refractivity contribution in [3.8, 4) is 12.3 Å². The second-order valence-corrected chi connectivity index (χ2v) is 3.58. The van der Waals surface area contributed by atoms with Gasteiger partial charge in [0.25, 0.3) is 0 Å². The van der Waals surface area contributed by atoms with Crippen molar-refractivity contribution in [3.63, 3.8) is 0 Å². The standard InChI is InChI=1S/C13H18/c1-2-3-4-5-6-7-10-13-11-8-9-12-13/h1,8-9,11H,3-7,10,12H2. The first-order valence-electron chi connectivity index (χ1n) is 5.21. The van der Waals surface area contributed by atoms with Crippen LogP contribution in [0.5, 0.6) is 0 Å². The number of rotatable bonds is 6. The number of unbranched alkanes of at least 4 members (excludes halogenated alkanes) is 4. The minimum atomic E-state index is 0.949. The third kappa shape index (κ3) is 4.58. The van der Waals surface area contributed by atoms with Gasteiger partial charge in [0.2, 0.25) is 0 Å². The maximum Gasteiger partial charge on any atom is 0.00860 e. The van der Waals surface area contributed by atoms with Gasteiger partial charge >= 0.3 is 0 Å². The lowest BCUT2D eigenvalue weighted by atomic mass is 10.1. The van der Waals surface area contributed by atoms with Gasteiger partial charge in [-0.1, -0.05) is 36.6 Å². The van der Waals surface area contributed by atoms with E-state index in [0.717, 1.165) is 6.42 Å². The largest absolute Gasteiger partial charge is 0.120 e. The maximum absolute atomic E-state index is 5.18. The summed E-state index contributed by atoms with van der Waals surface area (Å²) < 4.78 is 0. The summed E-state index contributed by atoms with van der Waals surface area (Å²) in [6, 6.07) is 0. The molecule has 0 radical (unpaired) electrons. The number of hydrogen-bond acceptors (Lipinski definition) is 0. The maximum atomic E-state index is 5.18. The number of allylic oxidation sites excluding steroid dienone is 4. The average Bonchev–Trinajstić information content (AvgIpc) is 2.63. The van der Waals surface area contributed by atoms with Crippen LogP contribution in [0.3, 0.4) is 0 Å². The minimum Gasteiger partial charge on any atom is -0.120 e. The lowest BCUT2D eigenvalue weighted by Crippen LogP contribution is -1.81. The number of terminal acetylenes is 1. The van der Waals surface area contributed by atoms with Gasteiger partial charge in [0.15, 0.2) is 0 Å². The molecule has 0 bridgehead atoms. The Balaban J connectivity index is 1.87. The van der Waals surface area contributed by atoms with Crippen molar-refractivity contribution in [3.05, 3.63) is 23.8 Å². The van der Waals surface area contributed by atoms with E-state index in [4.69, 9.17) is 6.42 Å². The molecule has 0 nitrogen and oxygen atoms in total. The van der Waals surface area contributed by atoms with Gasteiger partial charge in [-0.3, -0.25) is 0 Å². The molecule has 70 valence electrons.